The van der Waals surface area contributed by atoms with Gasteiger partial charge >= 0.3 is 6.18 Å². The fourth-order valence-corrected chi connectivity index (χ4v) is 1.50. The van der Waals surface area contributed by atoms with Crippen LogP contribution < -0.4 is 4.74 Å². The zero-order valence-corrected chi connectivity index (χ0v) is 10.1. The molecule has 0 aliphatic rings. The van der Waals surface area contributed by atoms with E-state index < -0.39 is 11.7 Å². The second kappa shape index (κ2) is 6.42. The van der Waals surface area contributed by atoms with Crippen LogP contribution in [-0.2, 0) is 17.4 Å². The van der Waals surface area contributed by atoms with Crippen LogP contribution in [0.2, 0.25) is 0 Å². The Morgan fingerprint density at radius 1 is 1.28 bits per heavy atom. The fraction of sp³-hybridized carbons (Fsp3) is 0.462. The summed E-state index contributed by atoms with van der Waals surface area (Å²) in [5, 5.41) is 0. The molecule has 1 aromatic carbocycles. The van der Waals surface area contributed by atoms with Gasteiger partial charge in [-0.1, -0.05) is 6.92 Å². The Morgan fingerprint density at radius 3 is 2.56 bits per heavy atom. The van der Waals surface area contributed by atoms with Crippen molar-refractivity contribution in [1.82, 2.24) is 0 Å². The quantitative estimate of drug-likeness (QED) is 0.730. The normalized spacial score (nSPS) is 11.3. The largest absolute Gasteiger partial charge is 0.494 e. The van der Waals surface area contributed by atoms with Crippen LogP contribution in [0.5, 0.6) is 5.75 Å². The molecule has 0 heterocycles. The maximum Gasteiger partial charge on any atom is 0.416 e. The van der Waals surface area contributed by atoms with E-state index >= 15 is 0 Å². The van der Waals surface area contributed by atoms with Gasteiger partial charge in [-0.3, -0.25) is 0 Å². The second-order valence-electron chi connectivity index (χ2n) is 3.92. The summed E-state index contributed by atoms with van der Waals surface area (Å²) in [4.78, 5) is 10.3. The van der Waals surface area contributed by atoms with Gasteiger partial charge in [-0.15, -0.1) is 0 Å². The molecule has 0 N–H and O–H groups in total. The molecule has 1 aromatic rings. The van der Waals surface area contributed by atoms with E-state index in [1.54, 1.807) is 6.07 Å². The Bertz CT molecular complexity index is 400. The van der Waals surface area contributed by atoms with Crippen molar-refractivity contribution in [2.45, 2.75) is 32.4 Å². The Morgan fingerprint density at radius 2 is 2.00 bits per heavy atom. The molecule has 0 saturated heterocycles. The Labute approximate surface area is 104 Å². The van der Waals surface area contributed by atoms with E-state index in [-0.39, 0.29) is 18.6 Å². The number of hydrogen-bond acceptors (Lipinski definition) is 2. The fourth-order valence-electron chi connectivity index (χ4n) is 1.50. The van der Waals surface area contributed by atoms with Crippen LogP contribution in [-0.4, -0.2) is 12.9 Å². The maximum absolute atomic E-state index is 12.7. The lowest BCUT2D eigenvalue weighted by Crippen LogP contribution is -2.07. The first kappa shape index (κ1) is 14.5. The van der Waals surface area contributed by atoms with Gasteiger partial charge in [0.15, 0.2) is 0 Å². The van der Waals surface area contributed by atoms with Crippen molar-refractivity contribution in [1.29, 1.82) is 0 Å². The predicted octanol–water partition coefficient (Wildman–Crippen LogP) is 3.63. The summed E-state index contributed by atoms with van der Waals surface area (Å²) in [5.41, 5.74) is -0.278. The number of halogens is 3. The van der Waals surface area contributed by atoms with Crippen molar-refractivity contribution in [3.63, 3.8) is 0 Å². The summed E-state index contributed by atoms with van der Waals surface area (Å²) in [7, 11) is 0. The van der Waals surface area contributed by atoms with E-state index in [0.717, 1.165) is 18.6 Å². The summed E-state index contributed by atoms with van der Waals surface area (Å²) in [5.74, 6) is 0.201. The highest BCUT2D eigenvalue weighted by molar-refractivity contribution is 5.50. The lowest BCUT2D eigenvalue weighted by atomic mass is 10.1. The lowest BCUT2D eigenvalue weighted by molar-refractivity contribution is -0.137. The first-order valence-corrected chi connectivity index (χ1v) is 5.75. The number of alkyl halides is 3. The van der Waals surface area contributed by atoms with E-state index in [2.05, 4.69) is 0 Å². The number of rotatable bonds is 6. The van der Waals surface area contributed by atoms with Crippen molar-refractivity contribution >= 4 is 6.29 Å². The number of aryl methyl sites for hydroxylation is 1. The number of carbonyl (C=O) groups is 1. The molecule has 0 saturated carbocycles. The molecule has 0 spiro atoms. The molecule has 0 aliphatic heterocycles. The van der Waals surface area contributed by atoms with Gasteiger partial charge in [-0.2, -0.15) is 13.2 Å². The third-order valence-electron chi connectivity index (χ3n) is 2.32. The lowest BCUT2D eigenvalue weighted by Gasteiger charge is -2.12. The zero-order chi connectivity index (χ0) is 13.6. The predicted molar refractivity (Wildman–Crippen MR) is 61.6 cm³/mol. The van der Waals surface area contributed by atoms with Crippen LogP contribution in [0.15, 0.2) is 18.2 Å². The van der Waals surface area contributed by atoms with Gasteiger partial charge in [0.2, 0.25) is 0 Å². The standard InChI is InChI=1S/C13H15F3O2/c1-2-6-18-12-8-10(4-3-5-17)7-11(9-12)13(14,15)16/h5,7-9H,2-4,6H2,1H3. The highest BCUT2D eigenvalue weighted by Crippen LogP contribution is 2.33. The van der Waals surface area contributed by atoms with Crippen molar-refractivity contribution in [2.24, 2.45) is 0 Å². The van der Waals surface area contributed by atoms with Crippen molar-refractivity contribution < 1.29 is 22.7 Å². The Balaban J connectivity index is 2.99. The van der Waals surface area contributed by atoms with E-state index in [4.69, 9.17) is 4.74 Å². The smallest absolute Gasteiger partial charge is 0.416 e. The molecular formula is C13H15F3O2. The molecule has 18 heavy (non-hydrogen) atoms. The minimum Gasteiger partial charge on any atom is -0.494 e. The monoisotopic (exact) mass is 260 g/mol. The summed E-state index contributed by atoms with van der Waals surface area (Å²) in [6, 6.07) is 3.59. The van der Waals surface area contributed by atoms with Crippen LogP contribution in [0.4, 0.5) is 13.2 Å². The van der Waals surface area contributed by atoms with Gasteiger partial charge in [0.1, 0.15) is 12.0 Å². The van der Waals surface area contributed by atoms with Gasteiger partial charge in [0.05, 0.1) is 12.2 Å². The molecular weight excluding hydrogens is 245 g/mol. The Kier molecular flexibility index (Phi) is 5.19. The van der Waals surface area contributed by atoms with Gasteiger partial charge in [-0.25, -0.2) is 0 Å². The van der Waals surface area contributed by atoms with E-state index in [1.807, 2.05) is 6.92 Å². The number of benzene rings is 1. The minimum absolute atomic E-state index is 0.201. The summed E-state index contributed by atoms with van der Waals surface area (Å²) >= 11 is 0. The molecule has 0 fully saturated rings. The summed E-state index contributed by atoms with van der Waals surface area (Å²) in [6.07, 6.45) is -2.50. The van der Waals surface area contributed by atoms with Crippen LogP contribution >= 0.6 is 0 Å². The Hall–Kier alpha value is -1.52. The van der Waals surface area contributed by atoms with Gasteiger partial charge in [0, 0.05) is 6.42 Å². The third kappa shape index (κ3) is 4.39. The van der Waals surface area contributed by atoms with Gasteiger partial charge in [-0.05, 0) is 36.6 Å². The van der Waals surface area contributed by atoms with Crippen molar-refractivity contribution in [3.05, 3.63) is 29.3 Å². The van der Waals surface area contributed by atoms with Crippen LogP contribution in [0.3, 0.4) is 0 Å². The van der Waals surface area contributed by atoms with Crippen LogP contribution in [0.25, 0.3) is 0 Å². The van der Waals surface area contributed by atoms with Crippen LogP contribution in [0, 0.1) is 0 Å². The molecule has 0 atom stereocenters. The number of carbonyl (C=O) groups excluding carboxylic acids is 1. The van der Waals surface area contributed by atoms with Crippen molar-refractivity contribution in [2.75, 3.05) is 6.61 Å². The first-order chi connectivity index (χ1) is 8.47. The highest BCUT2D eigenvalue weighted by Gasteiger charge is 2.31. The molecule has 0 unspecified atom stereocenters. The molecule has 100 valence electrons. The number of hydrogen-bond donors (Lipinski definition) is 0. The average Bonchev–Trinajstić information content (AvgIpc) is 2.32. The molecule has 0 aromatic heterocycles. The third-order valence-corrected chi connectivity index (χ3v) is 2.32. The average molecular weight is 260 g/mol. The first-order valence-electron chi connectivity index (χ1n) is 5.75. The van der Waals surface area contributed by atoms with E-state index in [1.165, 1.54) is 0 Å². The van der Waals surface area contributed by atoms with Gasteiger partial charge in [0.25, 0.3) is 0 Å². The summed E-state index contributed by atoms with van der Waals surface area (Å²) < 4.78 is 43.2. The summed E-state index contributed by atoms with van der Waals surface area (Å²) in [6.45, 7) is 2.25. The molecule has 0 amide bonds. The number of aldehydes is 1. The second-order valence-corrected chi connectivity index (χ2v) is 3.92. The molecule has 0 bridgehead atoms. The van der Waals surface area contributed by atoms with Gasteiger partial charge < -0.3 is 9.53 Å². The topological polar surface area (TPSA) is 26.3 Å². The molecule has 1 rings (SSSR count). The molecule has 2 nitrogen and oxygen atoms in total. The molecule has 5 heteroatoms. The van der Waals surface area contributed by atoms with Crippen LogP contribution in [0.1, 0.15) is 30.9 Å². The zero-order valence-electron chi connectivity index (χ0n) is 10.1. The number of ether oxygens (including phenoxy) is 1. The SMILES string of the molecule is CCCOc1cc(CCC=O)cc(C(F)(F)F)c1. The molecule has 0 aliphatic carbocycles. The van der Waals surface area contributed by atoms with E-state index in [9.17, 15) is 18.0 Å². The molecule has 0 radical (unpaired) electrons. The van der Waals surface area contributed by atoms with E-state index in [0.29, 0.717) is 18.5 Å². The maximum atomic E-state index is 12.7. The van der Waals surface area contributed by atoms with Crippen molar-refractivity contribution in [3.8, 4) is 5.75 Å². The minimum atomic E-state index is -4.40. The highest BCUT2D eigenvalue weighted by atomic mass is 19.4.